The van der Waals surface area contributed by atoms with E-state index in [-0.39, 0.29) is 5.16 Å². The Bertz CT molecular complexity index is 827. The minimum atomic E-state index is -3.35. The number of hydrogen-bond donors (Lipinski definition) is 0. The lowest BCUT2D eigenvalue weighted by Gasteiger charge is -2.29. The van der Waals surface area contributed by atoms with Crippen LogP contribution < -0.4 is 0 Å². The molecule has 0 N–H and O–H groups in total. The standard InChI is InChI=1S/C17H21N3O2S/c1-12-5-4-6-13(2)15(12)11-20-8-7-16-14(10-20)9-18-17(19-16)23(3,21)22/h4-6,9H,7-8,10-11H2,1-3H3. The highest BCUT2D eigenvalue weighted by Gasteiger charge is 2.21. The molecule has 0 saturated carbocycles. The molecule has 1 aliphatic heterocycles. The van der Waals surface area contributed by atoms with E-state index in [4.69, 9.17) is 0 Å². The molecule has 0 bridgehead atoms. The van der Waals surface area contributed by atoms with E-state index >= 15 is 0 Å². The van der Waals surface area contributed by atoms with Crippen LogP contribution in [0.25, 0.3) is 0 Å². The van der Waals surface area contributed by atoms with Crippen molar-refractivity contribution in [2.24, 2.45) is 0 Å². The zero-order valence-electron chi connectivity index (χ0n) is 13.7. The Balaban J connectivity index is 1.81. The fourth-order valence-corrected chi connectivity index (χ4v) is 3.51. The van der Waals surface area contributed by atoms with Gasteiger partial charge in [-0.3, -0.25) is 4.90 Å². The number of hydrogen-bond acceptors (Lipinski definition) is 5. The second-order valence-corrected chi connectivity index (χ2v) is 8.14. The maximum atomic E-state index is 11.6. The molecule has 23 heavy (non-hydrogen) atoms. The first-order valence-corrected chi connectivity index (χ1v) is 9.56. The summed E-state index contributed by atoms with van der Waals surface area (Å²) in [7, 11) is -3.35. The van der Waals surface area contributed by atoms with Crippen molar-refractivity contribution in [3.05, 3.63) is 52.3 Å². The van der Waals surface area contributed by atoms with Crippen LogP contribution in [0.1, 0.15) is 27.9 Å². The van der Waals surface area contributed by atoms with Crippen molar-refractivity contribution in [3.63, 3.8) is 0 Å². The van der Waals surface area contributed by atoms with Gasteiger partial charge < -0.3 is 0 Å². The van der Waals surface area contributed by atoms with Gasteiger partial charge in [-0.25, -0.2) is 18.4 Å². The third-order valence-corrected chi connectivity index (χ3v) is 5.21. The van der Waals surface area contributed by atoms with Crippen LogP contribution in [0.5, 0.6) is 0 Å². The molecule has 1 aliphatic rings. The van der Waals surface area contributed by atoms with Crippen LogP contribution in [0.2, 0.25) is 0 Å². The minimum absolute atomic E-state index is 0.0700. The van der Waals surface area contributed by atoms with Crippen molar-refractivity contribution < 1.29 is 8.42 Å². The monoisotopic (exact) mass is 331 g/mol. The van der Waals surface area contributed by atoms with Crippen molar-refractivity contribution in [3.8, 4) is 0 Å². The quantitative estimate of drug-likeness (QED) is 0.806. The lowest BCUT2D eigenvalue weighted by molar-refractivity contribution is 0.241. The van der Waals surface area contributed by atoms with Crippen molar-refractivity contribution in [2.75, 3.05) is 12.8 Å². The molecule has 122 valence electrons. The molecule has 0 saturated heterocycles. The molecule has 1 aromatic heterocycles. The van der Waals surface area contributed by atoms with E-state index in [1.165, 1.54) is 16.7 Å². The lowest BCUT2D eigenvalue weighted by atomic mass is 10.0. The first-order chi connectivity index (χ1) is 10.8. The van der Waals surface area contributed by atoms with Gasteiger partial charge in [-0.15, -0.1) is 0 Å². The third kappa shape index (κ3) is 3.43. The zero-order chi connectivity index (χ0) is 16.6. The van der Waals surface area contributed by atoms with Crippen molar-refractivity contribution >= 4 is 9.84 Å². The summed E-state index contributed by atoms with van der Waals surface area (Å²) in [6, 6.07) is 6.36. The van der Waals surface area contributed by atoms with Gasteiger partial charge in [0.25, 0.3) is 0 Å². The van der Waals surface area contributed by atoms with E-state index in [9.17, 15) is 8.42 Å². The van der Waals surface area contributed by atoms with E-state index in [2.05, 4.69) is 46.9 Å². The van der Waals surface area contributed by atoms with Crippen LogP contribution in [0.4, 0.5) is 0 Å². The summed E-state index contributed by atoms with van der Waals surface area (Å²) in [5.41, 5.74) is 5.86. The van der Waals surface area contributed by atoms with Crippen LogP contribution in [0.15, 0.2) is 29.6 Å². The van der Waals surface area contributed by atoms with Gasteiger partial charge in [0.2, 0.25) is 15.0 Å². The summed E-state index contributed by atoms with van der Waals surface area (Å²) >= 11 is 0. The van der Waals surface area contributed by atoms with Crippen LogP contribution in [-0.4, -0.2) is 36.1 Å². The van der Waals surface area contributed by atoms with Crippen molar-refractivity contribution in [1.29, 1.82) is 0 Å². The molecule has 2 heterocycles. The maximum absolute atomic E-state index is 11.6. The third-order valence-electron chi connectivity index (χ3n) is 4.35. The van der Waals surface area contributed by atoms with Crippen LogP contribution in [-0.2, 0) is 29.3 Å². The highest BCUT2D eigenvalue weighted by molar-refractivity contribution is 7.90. The SMILES string of the molecule is Cc1cccc(C)c1CN1CCc2nc(S(C)(=O)=O)ncc2C1. The normalized spacial score (nSPS) is 15.4. The maximum Gasteiger partial charge on any atom is 0.246 e. The van der Waals surface area contributed by atoms with Gasteiger partial charge in [0.15, 0.2) is 0 Å². The first kappa shape index (κ1) is 16.1. The molecule has 5 nitrogen and oxygen atoms in total. The Hall–Kier alpha value is -1.79. The highest BCUT2D eigenvalue weighted by Crippen LogP contribution is 2.22. The molecular weight excluding hydrogens is 310 g/mol. The summed E-state index contributed by atoms with van der Waals surface area (Å²) < 4.78 is 23.1. The molecule has 0 aliphatic carbocycles. The second-order valence-electron chi connectivity index (χ2n) is 6.23. The van der Waals surface area contributed by atoms with E-state index < -0.39 is 9.84 Å². The van der Waals surface area contributed by atoms with Gasteiger partial charge in [0.1, 0.15) is 0 Å². The molecule has 6 heteroatoms. The summed E-state index contributed by atoms with van der Waals surface area (Å²) in [4.78, 5) is 10.6. The van der Waals surface area contributed by atoms with Gasteiger partial charge >= 0.3 is 0 Å². The molecule has 0 amide bonds. The van der Waals surface area contributed by atoms with Gasteiger partial charge in [0, 0.05) is 44.1 Å². The number of aryl methyl sites for hydroxylation is 2. The minimum Gasteiger partial charge on any atom is -0.294 e. The summed E-state index contributed by atoms with van der Waals surface area (Å²) in [6.07, 6.45) is 3.56. The number of rotatable bonds is 3. The summed E-state index contributed by atoms with van der Waals surface area (Å²) in [5, 5.41) is -0.0700. The summed E-state index contributed by atoms with van der Waals surface area (Å²) in [6.45, 7) is 6.81. The predicted octanol–water partition coefficient (Wildman–Crippen LogP) is 2.06. The van der Waals surface area contributed by atoms with Crippen LogP contribution >= 0.6 is 0 Å². The number of nitrogens with zero attached hydrogens (tertiary/aromatic N) is 3. The molecule has 0 unspecified atom stereocenters. The number of sulfone groups is 1. The predicted molar refractivity (Wildman–Crippen MR) is 88.9 cm³/mol. The Morgan fingerprint density at radius 1 is 1.22 bits per heavy atom. The molecule has 1 aromatic carbocycles. The molecule has 0 atom stereocenters. The molecular formula is C17H21N3O2S. The fraction of sp³-hybridized carbons (Fsp3) is 0.412. The molecule has 0 fully saturated rings. The second kappa shape index (κ2) is 6.02. The average molecular weight is 331 g/mol. The molecule has 3 rings (SSSR count). The van der Waals surface area contributed by atoms with E-state index in [0.717, 1.165) is 43.6 Å². The average Bonchev–Trinajstić information content (AvgIpc) is 2.49. The largest absolute Gasteiger partial charge is 0.294 e. The fourth-order valence-electron chi connectivity index (χ4n) is 2.99. The Morgan fingerprint density at radius 3 is 2.57 bits per heavy atom. The Kier molecular flexibility index (Phi) is 4.21. The van der Waals surface area contributed by atoms with Crippen molar-refractivity contribution in [2.45, 2.75) is 38.5 Å². The Labute approximate surface area is 137 Å². The van der Waals surface area contributed by atoms with Gasteiger partial charge in [-0.1, -0.05) is 18.2 Å². The smallest absolute Gasteiger partial charge is 0.246 e. The van der Waals surface area contributed by atoms with E-state index in [1.807, 2.05) is 0 Å². The summed E-state index contributed by atoms with van der Waals surface area (Å²) in [5.74, 6) is 0. The van der Waals surface area contributed by atoms with Gasteiger partial charge in [0.05, 0.1) is 5.69 Å². The number of aromatic nitrogens is 2. The first-order valence-electron chi connectivity index (χ1n) is 7.67. The Morgan fingerprint density at radius 2 is 1.91 bits per heavy atom. The number of fused-ring (bicyclic) bond motifs is 1. The molecule has 0 radical (unpaired) electrons. The van der Waals surface area contributed by atoms with Crippen LogP contribution in [0, 0.1) is 13.8 Å². The topological polar surface area (TPSA) is 63.2 Å². The van der Waals surface area contributed by atoms with Crippen LogP contribution in [0.3, 0.4) is 0 Å². The zero-order valence-corrected chi connectivity index (χ0v) is 14.5. The van der Waals surface area contributed by atoms with Crippen molar-refractivity contribution in [1.82, 2.24) is 14.9 Å². The lowest BCUT2D eigenvalue weighted by Crippen LogP contribution is -2.31. The molecule has 0 spiro atoms. The van der Waals surface area contributed by atoms with Gasteiger partial charge in [-0.2, -0.15) is 0 Å². The number of benzene rings is 1. The van der Waals surface area contributed by atoms with E-state index in [1.54, 1.807) is 6.20 Å². The molecule has 2 aromatic rings. The van der Waals surface area contributed by atoms with Gasteiger partial charge in [-0.05, 0) is 30.5 Å². The highest BCUT2D eigenvalue weighted by atomic mass is 32.2. The van der Waals surface area contributed by atoms with E-state index in [0.29, 0.717) is 0 Å².